The van der Waals surface area contributed by atoms with Crippen LogP contribution in [0.1, 0.15) is 32.6 Å². The maximum atomic E-state index is 12.9. The molecule has 2 N–H and O–H groups in total. The van der Waals surface area contributed by atoms with E-state index in [9.17, 15) is 14.7 Å². The fourth-order valence-electron chi connectivity index (χ4n) is 5.69. The second-order valence-electron chi connectivity index (χ2n) is 11.6. The predicted octanol–water partition coefficient (Wildman–Crippen LogP) is 1.73. The molecule has 2 heterocycles. The molecule has 10 nitrogen and oxygen atoms in total. The van der Waals surface area contributed by atoms with Crippen molar-refractivity contribution in [3.8, 4) is 0 Å². The minimum Gasteiger partial charge on any atom is -0.405 e. The predicted molar refractivity (Wildman–Crippen MR) is 162 cm³/mol. The fraction of sp³-hybridized carbons (Fsp3) is 0.484. The summed E-state index contributed by atoms with van der Waals surface area (Å²) in [4.78, 5) is 27.3. The highest BCUT2D eigenvalue weighted by atomic mass is 28.4. The third-order valence-electron chi connectivity index (χ3n) is 7.67. The van der Waals surface area contributed by atoms with Crippen LogP contribution in [0.3, 0.4) is 0 Å². The number of aromatic nitrogens is 2. The highest BCUT2D eigenvalue weighted by Crippen LogP contribution is 2.38. The first-order valence-corrected chi connectivity index (χ1v) is 16.0. The molecule has 0 unspecified atom stereocenters. The lowest BCUT2D eigenvalue weighted by Gasteiger charge is -2.43. The number of nitrogens with zero attached hydrogens (tertiary/aromatic N) is 1. The number of ether oxygens (including phenoxy) is 4. The van der Waals surface area contributed by atoms with Gasteiger partial charge in [0, 0.05) is 26.0 Å². The molecule has 0 aliphatic carbocycles. The van der Waals surface area contributed by atoms with Crippen LogP contribution < -0.4 is 21.6 Å². The van der Waals surface area contributed by atoms with Crippen LogP contribution in [-0.4, -0.2) is 81.4 Å². The first-order valence-electron chi connectivity index (χ1n) is 14.1. The molecule has 1 aliphatic rings. The van der Waals surface area contributed by atoms with Crippen molar-refractivity contribution in [2.75, 3.05) is 34.0 Å². The number of aliphatic hydroxyl groups is 1. The smallest absolute Gasteiger partial charge is 0.330 e. The van der Waals surface area contributed by atoms with E-state index in [1.807, 2.05) is 36.4 Å². The molecule has 228 valence electrons. The monoisotopic (exact) mass is 598 g/mol. The number of nitrogens with one attached hydrogen (secondary N) is 1. The van der Waals surface area contributed by atoms with Gasteiger partial charge < -0.3 is 28.5 Å². The summed E-state index contributed by atoms with van der Waals surface area (Å²) in [5.74, 6) is 0. The zero-order valence-corrected chi connectivity index (χ0v) is 26.1. The van der Waals surface area contributed by atoms with E-state index in [1.165, 1.54) is 10.8 Å². The molecule has 0 spiro atoms. The summed E-state index contributed by atoms with van der Waals surface area (Å²) in [6.07, 6.45) is -3.14. The number of rotatable bonds is 12. The molecule has 4 rings (SSSR count). The maximum absolute atomic E-state index is 12.9. The standard InChI is InChI=1S/C31H42N2O8Si/c1-21-17-33(30(36)32-28(21)35)29-27(40-22(18-37-5)19-38-6)26(34)25(41-29)20-39-42(31(2,3)4,23-13-9-7-10-14-23)24-15-11-8-12-16-24/h7-17,22,25-27,29,34H,18-20H2,1-6H3,(H,32,35,36)/t25-,26-,27-,29-/m1/s1. The van der Waals surface area contributed by atoms with Crippen LogP contribution in [0.2, 0.25) is 5.04 Å². The molecule has 1 saturated heterocycles. The molecule has 42 heavy (non-hydrogen) atoms. The Bertz CT molecular complexity index is 1360. The third kappa shape index (κ3) is 6.52. The van der Waals surface area contributed by atoms with Crippen LogP contribution in [-0.2, 0) is 23.4 Å². The number of hydrogen-bond donors (Lipinski definition) is 2. The van der Waals surface area contributed by atoms with Crippen molar-refractivity contribution in [3.05, 3.63) is 93.3 Å². The van der Waals surface area contributed by atoms with E-state index in [0.717, 1.165) is 10.4 Å². The Morgan fingerprint density at radius 2 is 1.52 bits per heavy atom. The molecular weight excluding hydrogens is 556 g/mol. The van der Waals surface area contributed by atoms with Gasteiger partial charge in [0.2, 0.25) is 0 Å². The fourth-order valence-corrected chi connectivity index (χ4v) is 10.3. The van der Waals surface area contributed by atoms with Crippen LogP contribution in [0.15, 0.2) is 76.4 Å². The van der Waals surface area contributed by atoms with Crippen molar-refractivity contribution in [1.29, 1.82) is 0 Å². The quantitative estimate of drug-likeness (QED) is 0.303. The van der Waals surface area contributed by atoms with E-state index in [2.05, 4.69) is 50.0 Å². The van der Waals surface area contributed by atoms with E-state index in [-0.39, 0.29) is 24.9 Å². The van der Waals surface area contributed by atoms with Crippen LogP contribution in [0, 0.1) is 6.92 Å². The van der Waals surface area contributed by atoms with Gasteiger partial charge in [-0.2, -0.15) is 0 Å². The topological polar surface area (TPSA) is 121 Å². The van der Waals surface area contributed by atoms with Gasteiger partial charge in [-0.3, -0.25) is 14.3 Å². The molecule has 0 amide bonds. The lowest BCUT2D eigenvalue weighted by molar-refractivity contribution is -0.132. The lowest BCUT2D eigenvalue weighted by atomic mass is 10.1. The average molecular weight is 599 g/mol. The van der Waals surface area contributed by atoms with Gasteiger partial charge in [0.05, 0.1) is 19.8 Å². The molecule has 4 atom stereocenters. The Balaban J connectivity index is 1.73. The number of aromatic amines is 1. The van der Waals surface area contributed by atoms with Crippen LogP contribution in [0.5, 0.6) is 0 Å². The normalized spacial score (nSPS) is 21.2. The second-order valence-corrected chi connectivity index (χ2v) is 15.9. The highest BCUT2D eigenvalue weighted by Gasteiger charge is 2.53. The largest absolute Gasteiger partial charge is 0.405 e. The van der Waals surface area contributed by atoms with Gasteiger partial charge in [-0.15, -0.1) is 0 Å². The van der Waals surface area contributed by atoms with E-state index in [0.29, 0.717) is 5.56 Å². The third-order valence-corrected chi connectivity index (χ3v) is 12.7. The Morgan fingerprint density at radius 3 is 2.02 bits per heavy atom. The van der Waals surface area contributed by atoms with Crippen molar-refractivity contribution in [3.63, 3.8) is 0 Å². The van der Waals surface area contributed by atoms with Crippen LogP contribution >= 0.6 is 0 Å². The van der Waals surface area contributed by atoms with Crippen molar-refractivity contribution >= 4 is 18.7 Å². The molecule has 1 aliphatic heterocycles. The minimum absolute atomic E-state index is 0.0428. The lowest BCUT2D eigenvalue weighted by Crippen LogP contribution is -2.67. The van der Waals surface area contributed by atoms with E-state index in [4.69, 9.17) is 23.4 Å². The van der Waals surface area contributed by atoms with Crippen LogP contribution in [0.25, 0.3) is 0 Å². The van der Waals surface area contributed by atoms with Gasteiger partial charge in [-0.1, -0.05) is 81.4 Å². The number of H-pyrrole nitrogens is 1. The summed E-state index contributed by atoms with van der Waals surface area (Å²) >= 11 is 0. The maximum Gasteiger partial charge on any atom is 0.330 e. The number of hydrogen-bond acceptors (Lipinski definition) is 8. The Labute approximate surface area is 247 Å². The summed E-state index contributed by atoms with van der Waals surface area (Å²) in [6, 6.07) is 20.3. The van der Waals surface area contributed by atoms with Crippen molar-refractivity contribution < 1.29 is 28.5 Å². The van der Waals surface area contributed by atoms with Crippen molar-refractivity contribution in [2.24, 2.45) is 0 Å². The van der Waals surface area contributed by atoms with Gasteiger partial charge in [-0.05, 0) is 22.3 Å². The Hall–Kier alpha value is -2.90. The van der Waals surface area contributed by atoms with E-state index in [1.54, 1.807) is 21.1 Å². The van der Waals surface area contributed by atoms with E-state index >= 15 is 0 Å². The van der Waals surface area contributed by atoms with Crippen LogP contribution in [0.4, 0.5) is 0 Å². The summed E-state index contributed by atoms with van der Waals surface area (Å²) in [5.41, 5.74) is -0.834. The summed E-state index contributed by atoms with van der Waals surface area (Å²) in [6.45, 7) is 8.55. The number of aliphatic hydroxyl groups excluding tert-OH is 1. The molecule has 0 radical (unpaired) electrons. The molecule has 2 aromatic carbocycles. The molecule has 3 aromatic rings. The Morgan fingerprint density at radius 1 is 0.976 bits per heavy atom. The van der Waals surface area contributed by atoms with Crippen molar-refractivity contribution in [2.45, 2.75) is 63.4 Å². The minimum atomic E-state index is -2.94. The Kier molecular flexibility index (Phi) is 10.4. The van der Waals surface area contributed by atoms with Gasteiger partial charge in [0.15, 0.2) is 6.23 Å². The van der Waals surface area contributed by atoms with Gasteiger partial charge in [0.25, 0.3) is 13.9 Å². The molecule has 0 bridgehead atoms. The molecular formula is C31H42N2O8Si. The zero-order valence-electron chi connectivity index (χ0n) is 25.1. The SMILES string of the molecule is COCC(COC)O[C@@H]1[C@H](O)[C@@H](CO[Si](c2ccccc2)(c2ccccc2)C(C)(C)C)O[C@H]1n1cc(C)c(=O)[nH]c1=O. The average Bonchev–Trinajstić information content (AvgIpc) is 3.26. The first kappa shape index (κ1) is 32.0. The molecule has 1 fully saturated rings. The van der Waals surface area contributed by atoms with Crippen molar-refractivity contribution in [1.82, 2.24) is 9.55 Å². The van der Waals surface area contributed by atoms with Gasteiger partial charge in [-0.25, -0.2) is 4.79 Å². The van der Waals surface area contributed by atoms with Gasteiger partial charge in [0.1, 0.15) is 24.4 Å². The first-order chi connectivity index (χ1) is 20.0. The highest BCUT2D eigenvalue weighted by molar-refractivity contribution is 6.99. The number of methoxy groups -OCH3 is 2. The molecule has 1 aromatic heterocycles. The number of benzene rings is 2. The number of aryl methyl sites for hydroxylation is 1. The summed E-state index contributed by atoms with van der Waals surface area (Å²) < 4.78 is 31.5. The molecule has 11 heteroatoms. The molecule has 0 saturated carbocycles. The summed E-state index contributed by atoms with van der Waals surface area (Å²) in [5, 5.41) is 13.5. The van der Waals surface area contributed by atoms with Gasteiger partial charge >= 0.3 is 5.69 Å². The zero-order chi connectivity index (χ0) is 30.5. The summed E-state index contributed by atoms with van der Waals surface area (Å²) in [7, 11) is 0.144. The van der Waals surface area contributed by atoms with E-state index < -0.39 is 50.2 Å². The second kappa shape index (κ2) is 13.6.